The van der Waals surface area contributed by atoms with Crippen molar-refractivity contribution in [3.8, 4) is 0 Å². The van der Waals surface area contributed by atoms with Gasteiger partial charge in [-0.1, -0.05) is 23.9 Å². The molecule has 0 aromatic carbocycles. The summed E-state index contributed by atoms with van der Waals surface area (Å²) in [6.45, 7) is 1.95. The van der Waals surface area contributed by atoms with Crippen LogP contribution in [-0.4, -0.2) is 10.9 Å². The first-order valence-corrected chi connectivity index (χ1v) is 3.34. The summed E-state index contributed by atoms with van der Waals surface area (Å²) in [5, 5.41) is 6.96. The predicted molar refractivity (Wildman–Crippen MR) is 46.4 cm³/mol. The van der Waals surface area contributed by atoms with Crippen molar-refractivity contribution in [1.29, 1.82) is 5.41 Å². The number of amidine groups is 1. The number of allylic oxidation sites excluding steroid dienone is 1. The SMILES string of the molecule is CC=CCSC(=N)N.Cl. The fourth-order valence-electron chi connectivity index (χ4n) is 0.234. The van der Waals surface area contributed by atoms with Crippen LogP contribution in [-0.2, 0) is 0 Å². The van der Waals surface area contributed by atoms with Crippen molar-refractivity contribution in [2.45, 2.75) is 6.92 Å². The number of rotatable bonds is 2. The summed E-state index contributed by atoms with van der Waals surface area (Å²) in [7, 11) is 0. The molecule has 0 aliphatic heterocycles. The van der Waals surface area contributed by atoms with E-state index in [2.05, 4.69) is 0 Å². The lowest BCUT2D eigenvalue weighted by Gasteiger charge is -1.88. The minimum absolute atomic E-state index is 0. The van der Waals surface area contributed by atoms with Gasteiger partial charge in [-0.05, 0) is 6.92 Å². The summed E-state index contributed by atoms with van der Waals surface area (Å²) in [5.74, 6) is 0.811. The maximum atomic E-state index is 6.78. The Hall–Kier alpha value is -0.150. The molecule has 0 aromatic rings. The second-order valence-electron chi connectivity index (χ2n) is 1.24. The van der Waals surface area contributed by atoms with Crippen LogP contribution in [0.4, 0.5) is 0 Å². The van der Waals surface area contributed by atoms with Gasteiger partial charge < -0.3 is 5.73 Å². The monoisotopic (exact) mass is 166 g/mol. The number of hydrogen-bond acceptors (Lipinski definition) is 2. The standard InChI is InChI=1S/C5H10N2S.ClH/c1-2-3-4-8-5(6)7;/h2-3H,4H2,1H3,(H3,6,7);1H. The fourth-order valence-corrected chi connectivity index (χ4v) is 0.702. The molecule has 0 radical (unpaired) electrons. The quantitative estimate of drug-likeness (QED) is 0.372. The van der Waals surface area contributed by atoms with E-state index in [0.717, 1.165) is 5.75 Å². The van der Waals surface area contributed by atoms with Crippen LogP contribution in [0.25, 0.3) is 0 Å². The van der Waals surface area contributed by atoms with Crippen LogP contribution in [0.2, 0.25) is 0 Å². The first-order chi connectivity index (χ1) is 3.77. The van der Waals surface area contributed by atoms with E-state index in [9.17, 15) is 0 Å². The largest absolute Gasteiger partial charge is 0.379 e. The molecule has 9 heavy (non-hydrogen) atoms. The van der Waals surface area contributed by atoms with Gasteiger partial charge in [0.15, 0.2) is 5.17 Å². The fraction of sp³-hybridized carbons (Fsp3) is 0.400. The molecule has 0 atom stereocenters. The van der Waals surface area contributed by atoms with Gasteiger partial charge in [0.05, 0.1) is 0 Å². The Balaban J connectivity index is 0. The lowest BCUT2D eigenvalue weighted by Crippen LogP contribution is -2.03. The second kappa shape index (κ2) is 7.85. The minimum Gasteiger partial charge on any atom is -0.379 e. The van der Waals surface area contributed by atoms with Crippen molar-refractivity contribution < 1.29 is 0 Å². The molecule has 54 valence electrons. The highest BCUT2D eigenvalue weighted by atomic mass is 35.5. The zero-order valence-electron chi connectivity index (χ0n) is 5.26. The lowest BCUT2D eigenvalue weighted by atomic mass is 10.6. The lowest BCUT2D eigenvalue weighted by molar-refractivity contribution is 1.50. The Morgan fingerprint density at radius 1 is 1.78 bits per heavy atom. The van der Waals surface area contributed by atoms with Crippen LogP contribution in [0.5, 0.6) is 0 Å². The number of nitrogens with two attached hydrogens (primary N) is 1. The molecule has 0 saturated carbocycles. The van der Waals surface area contributed by atoms with Crippen molar-refractivity contribution in [3.05, 3.63) is 12.2 Å². The third kappa shape index (κ3) is 11.4. The van der Waals surface area contributed by atoms with Crippen molar-refractivity contribution >= 4 is 29.3 Å². The molecule has 3 N–H and O–H groups in total. The molecule has 0 bridgehead atoms. The van der Waals surface area contributed by atoms with Gasteiger partial charge in [-0.2, -0.15) is 0 Å². The molecule has 0 saturated heterocycles. The summed E-state index contributed by atoms with van der Waals surface area (Å²) < 4.78 is 0. The molecular formula is C5H11ClN2S. The molecule has 0 unspecified atom stereocenters. The number of nitrogens with one attached hydrogen (secondary N) is 1. The van der Waals surface area contributed by atoms with E-state index in [4.69, 9.17) is 11.1 Å². The predicted octanol–water partition coefficient (Wildman–Crippen LogP) is 1.61. The van der Waals surface area contributed by atoms with E-state index in [0.29, 0.717) is 0 Å². The average molecular weight is 167 g/mol. The van der Waals surface area contributed by atoms with Gasteiger partial charge in [-0.3, -0.25) is 5.41 Å². The highest BCUT2D eigenvalue weighted by Gasteiger charge is 1.82. The minimum atomic E-state index is 0. The third-order valence-corrected chi connectivity index (χ3v) is 1.24. The molecule has 0 amide bonds. The van der Waals surface area contributed by atoms with E-state index < -0.39 is 0 Å². The Morgan fingerprint density at radius 3 is 2.67 bits per heavy atom. The highest BCUT2D eigenvalue weighted by Crippen LogP contribution is 1.96. The van der Waals surface area contributed by atoms with E-state index in [1.165, 1.54) is 11.8 Å². The molecular weight excluding hydrogens is 156 g/mol. The molecule has 2 nitrogen and oxygen atoms in total. The van der Waals surface area contributed by atoms with Gasteiger partial charge in [0.1, 0.15) is 0 Å². The highest BCUT2D eigenvalue weighted by molar-refractivity contribution is 8.13. The average Bonchev–Trinajstić information content (AvgIpc) is 1.66. The van der Waals surface area contributed by atoms with Crippen LogP contribution in [0, 0.1) is 5.41 Å². The summed E-state index contributed by atoms with van der Waals surface area (Å²) >= 11 is 1.33. The summed E-state index contributed by atoms with van der Waals surface area (Å²) in [6.07, 6.45) is 3.90. The maximum Gasteiger partial charge on any atom is 0.151 e. The number of hydrogen-bond donors (Lipinski definition) is 2. The van der Waals surface area contributed by atoms with Crippen LogP contribution in [0.15, 0.2) is 12.2 Å². The number of halogens is 1. The van der Waals surface area contributed by atoms with Gasteiger partial charge in [0.2, 0.25) is 0 Å². The van der Waals surface area contributed by atoms with E-state index in [1.54, 1.807) is 0 Å². The Morgan fingerprint density at radius 2 is 2.33 bits per heavy atom. The molecule has 0 aliphatic rings. The molecule has 0 aliphatic carbocycles. The molecule has 0 spiro atoms. The van der Waals surface area contributed by atoms with Crippen LogP contribution >= 0.6 is 24.2 Å². The van der Waals surface area contributed by atoms with Gasteiger partial charge in [-0.25, -0.2) is 0 Å². The van der Waals surface area contributed by atoms with Gasteiger partial charge >= 0.3 is 0 Å². The van der Waals surface area contributed by atoms with Gasteiger partial charge in [0, 0.05) is 5.75 Å². The van der Waals surface area contributed by atoms with Gasteiger partial charge in [-0.15, -0.1) is 12.4 Å². The van der Waals surface area contributed by atoms with Crippen molar-refractivity contribution in [1.82, 2.24) is 0 Å². The van der Waals surface area contributed by atoms with Gasteiger partial charge in [0.25, 0.3) is 0 Å². The van der Waals surface area contributed by atoms with Crippen LogP contribution in [0.3, 0.4) is 0 Å². The smallest absolute Gasteiger partial charge is 0.151 e. The summed E-state index contributed by atoms with van der Waals surface area (Å²) in [6, 6.07) is 0. The van der Waals surface area contributed by atoms with E-state index in [-0.39, 0.29) is 17.6 Å². The molecule has 0 heterocycles. The Labute approximate surface area is 65.8 Å². The molecule has 0 rings (SSSR count). The molecule has 0 aromatic heterocycles. The van der Waals surface area contributed by atoms with Crippen LogP contribution in [0.1, 0.15) is 6.92 Å². The first-order valence-electron chi connectivity index (χ1n) is 2.35. The van der Waals surface area contributed by atoms with Crippen molar-refractivity contribution in [2.24, 2.45) is 5.73 Å². The molecule has 0 fully saturated rings. The summed E-state index contributed by atoms with van der Waals surface area (Å²) in [4.78, 5) is 0. The zero-order chi connectivity index (χ0) is 6.41. The van der Waals surface area contributed by atoms with E-state index in [1.807, 2.05) is 19.1 Å². The Bertz CT molecular complexity index is 103. The molecule has 4 heteroatoms. The topological polar surface area (TPSA) is 49.9 Å². The van der Waals surface area contributed by atoms with E-state index >= 15 is 0 Å². The number of thioether (sulfide) groups is 1. The van der Waals surface area contributed by atoms with Crippen molar-refractivity contribution in [2.75, 3.05) is 5.75 Å². The maximum absolute atomic E-state index is 6.78. The summed E-state index contributed by atoms with van der Waals surface area (Å²) in [5.41, 5.74) is 5.05. The first kappa shape index (κ1) is 11.6. The normalized spacial score (nSPS) is 9.00. The Kier molecular flexibility index (Phi) is 10.1. The zero-order valence-corrected chi connectivity index (χ0v) is 6.89. The second-order valence-corrected chi connectivity index (χ2v) is 2.31. The van der Waals surface area contributed by atoms with Crippen LogP contribution < -0.4 is 5.73 Å². The van der Waals surface area contributed by atoms with Crippen molar-refractivity contribution in [3.63, 3.8) is 0 Å². The third-order valence-electron chi connectivity index (χ3n) is 0.571.